The first-order chi connectivity index (χ1) is 13.4. The quantitative estimate of drug-likeness (QED) is 0.710. The van der Waals surface area contributed by atoms with E-state index >= 15 is 4.39 Å². The molecule has 0 aromatic heterocycles. The van der Waals surface area contributed by atoms with Crippen molar-refractivity contribution in [2.45, 2.75) is 90.0 Å². The molecule has 4 rings (SSSR count). The van der Waals surface area contributed by atoms with Gasteiger partial charge < -0.3 is 9.84 Å². The van der Waals surface area contributed by atoms with Gasteiger partial charge in [-0.1, -0.05) is 19.4 Å². The first-order valence-corrected chi connectivity index (χ1v) is 10.7. The summed E-state index contributed by atoms with van der Waals surface area (Å²) >= 11 is 0. The Morgan fingerprint density at radius 2 is 1.83 bits per heavy atom. The Labute approximate surface area is 171 Å². The van der Waals surface area contributed by atoms with Crippen LogP contribution in [0.2, 0.25) is 0 Å². The number of carbonyl (C=O) groups excluding carboxylic acids is 3. The Balaban J connectivity index is 1.81. The summed E-state index contributed by atoms with van der Waals surface area (Å²) in [6.07, 6.45) is 3.15. The number of ether oxygens (including phenoxy) is 1. The van der Waals surface area contributed by atoms with Crippen LogP contribution < -0.4 is 0 Å². The molecule has 0 aromatic carbocycles. The van der Waals surface area contributed by atoms with E-state index in [0.717, 1.165) is 5.57 Å². The van der Waals surface area contributed by atoms with Crippen molar-refractivity contribution in [1.29, 1.82) is 0 Å². The van der Waals surface area contributed by atoms with E-state index in [4.69, 9.17) is 4.74 Å². The molecule has 5 nitrogen and oxygen atoms in total. The number of rotatable bonds is 2. The number of hydrogen-bond donors (Lipinski definition) is 1. The van der Waals surface area contributed by atoms with Crippen molar-refractivity contribution in [3.05, 3.63) is 11.6 Å². The Morgan fingerprint density at radius 1 is 1.14 bits per heavy atom. The molecule has 7 atom stereocenters. The molecule has 4 aliphatic carbocycles. The summed E-state index contributed by atoms with van der Waals surface area (Å²) < 4.78 is 22.6. The number of aliphatic hydroxyl groups excluding tert-OH is 1. The van der Waals surface area contributed by atoms with Crippen LogP contribution in [-0.2, 0) is 19.1 Å². The van der Waals surface area contributed by atoms with Gasteiger partial charge in [0.15, 0.2) is 17.2 Å². The number of esters is 1. The van der Waals surface area contributed by atoms with Crippen LogP contribution in [0.25, 0.3) is 0 Å². The minimum atomic E-state index is -1.86. The minimum absolute atomic E-state index is 0.0287. The molecule has 0 aromatic rings. The predicted octanol–water partition coefficient (Wildman–Crippen LogP) is 3.47. The molecule has 0 bridgehead atoms. The Morgan fingerprint density at radius 3 is 2.45 bits per heavy atom. The molecule has 1 unspecified atom stereocenters. The normalized spacial score (nSPS) is 48.8. The van der Waals surface area contributed by atoms with Crippen molar-refractivity contribution < 1.29 is 28.6 Å². The van der Waals surface area contributed by atoms with E-state index in [0.29, 0.717) is 32.1 Å². The lowest BCUT2D eigenvalue weighted by Gasteiger charge is -2.63. The van der Waals surface area contributed by atoms with Crippen molar-refractivity contribution in [3.8, 4) is 0 Å². The van der Waals surface area contributed by atoms with E-state index in [2.05, 4.69) is 0 Å². The van der Waals surface area contributed by atoms with Crippen molar-refractivity contribution in [2.75, 3.05) is 0 Å². The van der Waals surface area contributed by atoms with Gasteiger partial charge in [-0.25, -0.2) is 4.39 Å². The second-order valence-electron chi connectivity index (χ2n) is 10.1. The van der Waals surface area contributed by atoms with Gasteiger partial charge in [0.25, 0.3) is 0 Å². The van der Waals surface area contributed by atoms with E-state index in [-0.39, 0.29) is 30.3 Å². The molecule has 3 saturated carbocycles. The van der Waals surface area contributed by atoms with Gasteiger partial charge in [0.1, 0.15) is 5.67 Å². The van der Waals surface area contributed by atoms with Gasteiger partial charge in [-0.2, -0.15) is 0 Å². The molecule has 3 fully saturated rings. The highest BCUT2D eigenvalue weighted by Gasteiger charge is 2.75. The summed E-state index contributed by atoms with van der Waals surface area (Å²) in [7, 11) is 0. The largest absolute Gasteiger partial charge is 0.451 e. The van der Waals surface area contributed by atoms with Gasteiger partial charge in [-0.3, -0.25) is 14.4 Å². The third-order valence-corrected chi connectivity index (χ3v) is 9.05. The fourth-order valence-corrected chi connectivity index (χ4v) is 7.62. The average Bonchev–Trinajstić information content (AvgIpc) is 2.90. The average molecular weight is 406 g/mol. The van der Waals surface area contributed by atoms with E-state index in [9.17, 15) is 19.5 Å². The van der Waals surface area contributed by atoms with Gasteiger partial charge >= 0.3 is 5.97 Å². The summed E-state index contributed by atoms with van der Waals surface area (Å²) in [4.78, 5) is 36.6. The van der Waals surface area contributed by atoms with Gasteiger partial charge in [0.05, 0.1) is 6.10 Å². The fraction of sp³-hybridized carbons (Fsp3) is 0.783. The zero-order valence-electron chi connectivity index (χ0n) is 17.7. The van der Waals surface area contributed by atoms with Crippen molar-refractivity contribution >= 4 is 17.5 Å². The van der Waals surface area contributed by atoms with E-state index in [1.807, 2.05) is 13.8 Å². The zero-order valence-corrected chi connectivity index (χ0v) is 17.7. The fourth-order valence-electron chi connectivity index (χ4n) is 7.62. The van der Waals surface area contributed by atoms with Crippen LogP contribution in [-0.4, -0.2) is 40.0 Å². The number of aliphatic hydroxyl groups is 1. The molecular weight excluding hydrogens is 375 g/mol. The van der Waals surface area contributed by atoms with Crippen molar-refractivity contribution in [1.82, 2.24) is 0 Å². The van der Waals surface area contributed by atoms with E-state index in [1.165, 1.54) is 13.8 Å². The maximum Gasteiger partial charge on any atom is 0.303 e. The number of Topliss-reactive ketones (excluding diaryl/α,β-unsaturated/α-hetero) is 1. The summed E-state index contributed by atoms with van der Waals surface area (Å²) in [5.74, 6) is -1.35. The van der Waals surface area contributed by atoms with Crippen LogP contribution >= 0.6 is 0 Å². The topological polar surface area (TPSA) is 80.7 Å². The smallest absolute Gasteiger partial charge is 0.303 e. The number of allylic oxidation sites excluding steroid dienone is 1. The lowest BCUT2D eigenvalue weighted by molar-refractivity contribution is -0.231. The predicted molar refractivity (Wildman–Crippen MR) is 104 cm³/mol. The molecule has 0 radical (unpaired) electrons. The number of fused-ring (bicyclic) bond motifs is 5. The first kappa shape index (κ1) is 20.7. The molecule has 0 heterocycles. The third kappa shape index (κ3) is 2.38. The Bertz CT molecular complexity index is 820. The molecule has 0 saturated heterocycles. The van der Waals surface area contributed by atoms with Gasteiger partial charge in [-0.05, 0) is 57.4 Å². The lowest BCUT2D eigenvalue weighted by Crippen LogP contribution is -2.69. The molecule has 29 heavy (non-hydrogen) atoms. The first-order valence-electron chi connectivity index (χ1n) is 10.7. The maximum absolute atomic E-state index is 17.0. The van der Waals surface area contributed by atoms with Crippen molar-refractivity contribution in [3.63, 3.8) is 0 Å². The van der Waals surface area contributed by atoms with Gasteiger partial charge in [0.2, 0.25) is 0 Å². The number of ketones is 2. The summed E-state index contributed by atoms with van der Waals surface area (Å²) in [6, 6.07) is 0. The highest BCUT2D eigenvalue weighted by Crippen LogP contribution is 2.70. The molecule has 4 aliphatic rings. The number of halogens is 1. The van der Waals surface area contributed by atoms with Crippen LogP contribution in [0.1, 0.15) is 72.6 Å². The number of hydrogen-bond acceptors (Lipinski definition) is 5. The molecule has 0 amide bonds. The van der Waals surface area contributed by atoms with Gasteiger partial charge in [-0.15, -0.1) is 0 Å². The summed E-state index contributed by atoms with van der Waals surface area (Å²) in [6.45, 7) is 6.45. The van der Waals surface area contributed by atoms with E-state index in [1.54, 1.807) is 6.08 Å². The minimum Gasteiger partial charge on any atom is -0.451 e. The number of carbonyl (C=O) groups is 3. The van der Waals surface area contributed by atoms with Gasteiger partial charge in [0, 0.05) is 30.1 Å². The molecule has 160 valence electrons. The number of alkyl halides is 1. The maximum atomic E-state index is 17.0. The second-order valence-corrected chi connectivity index (χ2v) is 10.1. The Kier molecular flexibility index (Phi) is 4.44. The SMILES string of the molecule is CC(=O)O[C@]1(C(C)=O)CC[C@H]2[C@@H]3CCC4=CC(=O)CC[C@]4(C)C3(F)[C@@H](O)C[C@@]21C. The molecule has 0 aliphatic heterocycles. The van der Waals surface area contributed by atoms with Crippen LogP contribution in [0.4, 0.5) is 4.39 Å². The molecule has 1 N–H and O–H groups in total. The summed E-state index contributed by atoms with van der Waals surface area (Å²) in [5.41, 5.74) is -4.05. The lowest BCUT2D eigenvalue weighted by atomic mass is 9.44. The van der Waals surface area contributed by atoms with Crippen molar-refractivity contribution in [2.24, 2.45) is 22.7 Å². The highest BCUT2D eigenvalue weighted by molar-refractivity contribution is 5.92. The zero-order chi connectivity index (χ0) is 21.4. The summed E-state index contributed by atoms with van der Waals surface area (Å²) in [5, 5.41) is 11.3. The standard InChI is InChI=1S/C23H31FO5/c1-13(25)22(29-14(2)26)10-8-17-18-6-5-15-11-16(27)7-9-20(15,3)23(18,24)19(28)12-21(17,22)4/h11,17-19,28H,5-10,12H2,1-4H3/t17-,18-,19-,20-,21-,22-,23?/m0/s1. The van der Waals surface area contributed by atoms with E-state index < -0.39 is 40.1 Å². The second kappa shape index (κ2) is 6.22. The van der Waals surface area contributed by atoms with Crippen LogP contribution in [0.5, 0.6) is 0 Å². The monoisotopic (exact) mass is 406 g/mol. The van der Waals surface area contributed by atoms with Crippen LogP contribution in [0.3, 0.4) is 0 Å². The highest BCUT2D eigenvalue weighted by atomic mass is 19.1. The van der Waals surface area contributed by atoms with Crippen LogP contribution in [0.15, 0.2) is 11.6 Å². The Hall–Kier alpha value is -1.56. The molecule has 6 heteroatoms. The van der Waals surface area contributed by atoms with Crippen LogP contribution in [0, 0.1) is 22.7 Å². The molecular formula is C23H31FO5. The molecule has 0 spiro atoms. The third-order valence-electron chi connectivity index (χ3n) is 9.05.